The molecule has 1 aromatic heterocycles. The van der Waals surface area contributed by atoms with E-state index in [1.54, 1.807) is 4.90 Å². The number of aromatic nitrogens is 1. The largest absolute Gasteiger partial charge is 0.351 e. The van der Waals surface area contributed by atoms with E-state index in [0.717, 1.165) is 42.1 Å². The van der Waals surface area contributed by atoms with Crippen molar-refractivity contribution in [3.8, 4) is 0 Å². The topological polar surface area (TPSA) is 54.3 Å². The lowest BCUT2D eigenvalue weighted by Crippen LogP contribution is -2.64. The second kappa shape index (κ2) is 9.46. The van der Waals surface area contributed by atoms with E-state index in [9.17, 15) is 9.59 Å². The van der Waals surface area contributed by atoms with Gasteiger partial charge in [-0.3, -0.25) is 9.59 Å². The number of nitrogens with zero attached hydrogens (tertiary/aromatic N) is 2. The third-order valence-corrected chi connectivity index (χ3v) is 7.73. The van der Waals surface area contributed by atoms with Crippen molar-refractivity contribution in [2.24, 2.45) is 0 Å². The predicted octanol–water partition coefficient (Wildman–Crippen LogP) is 5.94. The maximum atomic E-state index is 13.9. The third-order valence-electron chi connectivity index (χ3n) is 7.50. The zero-order chi connectivity index (χ0) is 23.7. The van der Waals surface area contributed by atoms with Crippen molar-refractivity contribution < 1.29 is 9.59 Å². The minimum atomic E-state index is -1.02. The van der Waals surface area contributed by atoms with Crippen molar-refractivity contribution in [1.82, 2.24) is 14.8 Å². The Morgan fingerprint density at radius 1 is 1.03 bits per heavy atom. The van der Waals surface area contributed by atoms with Gasteiger partial charge in [0, 0.05) is 28.5 Å². The average Bonchev–Trinajstić information content (AvgIpc) is 3.17. The molecule has 1 atom stereocenters. The van der Waals surface area contributed by atoms with Crippen LogP contribution in [0.4, 0.5) is 0 Å². The predicted molar refractivity (Wildman–Crippen MR) is 136 cm³/mol. The van der Waals surface area contributed by atoms with Gasteiger partial charge in [0.05, 0.1) is 6.54 Å². The van der Waals surface area contributed by atoms with Gasteiger partial charge >= 0.3 is 0 Å². The van der Waals surface area contributed by atoms with E-state index in [0.29, 0.717) is 23.8 Å². The highest BCUT2D eigenvalue weighted by Gasteiger charge is 2.48. The molecule has 0 saturated heterocycles. The molecule has 1 N–H and O–H groups in total. The molecule has 2 aromatic carbocycles. The Kier molecular flexibility index (Phi) is 6.39. The molecular formula is C28H32ClN3O2. The summed E-state index contributed by atoms with van der Waals surface area (Å²) in [6.45, 7) is 2.65. The molecule has 2 heterocycles. The molecule has 1 fully saturated rings. The highest BCUT2D eigenvalue weighted by atomic mass is 35.5. The summed E-state index contributed by atoms with van der Waals surface area (Å²) in [5, 5.41) is 4.98. The lowest BCUT2D eigenvalue weighted by molar-refractivity contribution is -0.134. The summed E-state index contributed by atoms with van der Waals surface area (Å²) in [5.41, 5.74) is 1.50. The molecule has 0 bridgehead atoms. The zero-order valence-corrected chi connectivity index (χ0v) is 20.5. The van der Waals surface area contributed by atoms with Gasteiger partial charge in [-0.1, -0.05) is 74.0 Å². The number of carbonyl (C=O) groups is 2. The van der Waals surface area contributed by atoms with E-state index in [4.69, 9.17) is 11.6 Å². The van der Waals surface area contributed by atoms with E-state index < -0.39 is 5.54 Å². The van der Waals surface area contributed by atoms with Crippen molar-refractivity contribution in [2.75, 3.05) is 0 Å². The van der Waals surface area contributed by atoms with Crippen molar-refractivity contribution >= 4 is 34.3 Å². The molecule has 5 nitrogen and oxygen atoms in total. The van der Waals surface area contributed by atoms with Gasteiger partial charge in [0.2, 0.25) is 5.91 Å². The number of benzene rings is 2. The van der Waals surface area contributed by atoms with E-state index in [1.165, 1.54) is 19.3 Å². The first-order valence-corrected chi connectivity index (χ1v) is 12.8. The number of hydrogen-bond donors (Lipinski definition) is 1. The smallest absolute Gasteiger partial charge is 0.271 e. The Morgan fingerprint density at radius 3 is 2.53 bits per heavy atom. The van der Waals surface area contributed by atoms with Gasteiger partial charge in [-0.25, -0.2) is 0 Å². The number of rotatable bonds is 4. The Labute approximate surface area is 206 Å². The van der Waals surface area contributed by atoms with Crippen LogP contribution in [0.2, 0.25) is 5.02 Å². The van der Waals surface area contributed by atoms with Crippen molar-refractivity contribution in [3.05, 3.63) is 70.9 Å². The van der Waals surface area contributed by atoms with Gasteiger partial charge < -0.3 is 14.8 Å². The van der Waals surface area contributed by atoms with Gasteiger partial charge in [0.15, 0.2) is 0 Å². The number of nitrogens with one attached hydrogen (secondary N) is 1. The maximum absolute atomic E-state index is 13.9. The van der Waals surface area contributed by atoms with Gasteiger partial charge in [0.25, 0.3) is 5.91 Å². The highest BCUT2D eigenvalue weighted by Crippen LogP contribution is 2.34. The summed E-state index contributed by atoms with van der Waals surface area (Å²) >= 11 is 6.24. The molecule has 1 saturated carbocycles. The summed E-state index contributed by atoms with van der Waals surface area (Å²) < 4.78 is 2.02. The van der Waals surface area contributed by atoms with E-state index in [1.807, 2.05) is 66.1 Å². The van der Waals surface area contributed by atoms with E-state index in [-0.39, 0.29) is 17.9 Å². The number of halogens is 1. The van der Waals surface area contributed by atoms with Gasteiger partial charge in [-0.05, 0) is 49.6 Å². The molecule has 2 amide bonds. The van der Waals surface area contributed by atoms with Gasteiger partial charge in [0.1, 0.15) is 11.2 Å². The van der Waals surface area contributed by atoms with E-state index in [2.05, 4.69) is 5.32 Å². The number of amides is 2. The fraction of sp³-hybridized carbons (Fsp3) is 0.429. The second-order valence-electron chi connectivity index (χ2n) is 9.99. The van der Waals surface area contributed by atoms with Crippen LogP contribution in [0, 0.1) is 0 Å². The van der Waals surface area contributed by atoms with Crippen LogP contribution in [0.3, 0.4) is 0 Å². The summed E-state index contributed by atoms with van der Waals surface area (Å²) in [6.07, 6.45) is 8.01. The molecule has 2 aliphatic rings. The fourth-order valence-electron chi connectivity index (χ4n) is 5.51. The molecule has 1 unspecified atom stereocenters. The van der Waals surface area contributed by atoms with Crippen LogP contribution in [-0.4, -0.2) is 32.9 Å². The summed E-state index contributed by atoms with van der Waals surface area (Å²) in [5.74, 6) is -0.199. The summed E-state index contributed by atoms with van der Waals surface area (Å²) in [7, 11) is 0. The molecule has 3 aromatic rings. The van der Waals surface area contributed by atoms with Crippen LogP contribution < -0.4 is 5.32 Å². The van der Waals surface area contributed by atoms with Crippen molar-refractivity contribution in [2.45, 2.75) is 76.5 Å². The van der Waals surface area contributed by atoms with Gasteiger partial charge in [-0.15, -0.1) is 0 Å². The Balaban J connectivity index is 1.52. The molecule has 5 rings (SSSR count). The number of para-hydroxylation sites is 1. The minimum Gasteiger partial charge on any atom is -0.351 e. The monoisotopic (exact) mass is 477 g/mol. The fourth-order valence-corrected chi connectivity index (χ4v) is 5.73. The first-order valence-electron chi connectivity index (χ1n) is 12.4. The van der Waals surface area contributed by atoms with Crippen molar-refractivity contribution in [1.29, 1.82) is 0 Å². The SMILES string of the molecule is CC1(C(=O)NC2CCCCCCC2)Cn2c(cc3ccccc32)C(=O)N1Cc1cccc(Cl)c1. The van der Waals surface area contributed by atoms with Crippen LogP contribution in [-0.2, 0) is 17.9 Å². The molecule has 0 radical (unpaired) electrons. The molecule has 6 heteroatoms. The molecule has 34 heavy (non-hydrogen) atoms. The zero-order valence-electron chi connectivity index (χ0n) is 19.7. The van der Waals surface area contributed by atoms with E-state index >= 15 is 0 Å². The molecule has 1 aliphatic carbocycles. The van der Waals surface area contributed by atoms with Crippen LogP contribution >= 0.6 is 11.6 Å². The van der Waals surface area contributed by atoms with Crippen LogP contribution in [0.25, 0.3) is 10.9 Å². The van der Waals surface area contributed by atoms with Gasteiger partial charge in [-0.2, -0.15) is 0 Å². The molecular weight excluding hydrogens is 446 g/mol. The highest BCUT2D eigenvalue weighted by molar-refractivity contribution is 6.30. The van der Waals surface area contributed by atoms with Crippen LogP contribution in [0.15, 0.2) is 54.6 Å². The Bertz CT molecular complexity index is 1210. The molecule has 178 valence electrons. The standard InChI is InChI=1S/C28H32ClN3O2/c1-28(27(34)30-23-13-5-3-2-4-6-14-23)19-31-24-15-8-7-11-21(24)17-25(31)26(33)32(28)18-20-10-9-12-22(29)16-20/h7-12,15-17,23H,2-6,13-14,18-19H2,1H3,(H,30,34). The minimum absolute atomic E-state index is 0.0723. The first kappa shape index (κ1) is 23.0. The van der Waals surface area contributed by atoms with Crippen molar-refractivity contribution in [3.63, 3.8) is 0 Å². The average molecular weight is 478 g/mol. The first-order chi connectivity index (χ1) is 16.5. The Hall–Kier alpha value is -2.79. The van der Waals surface area contributed by atoms with Crippen LogP contribution in [0.1, 0.15) is 67.9 Å². The molecule has 1 aliphatic heterocycles. The lowest BCUT2D eigenvalue weighted by Gasteiger charge is -2.44. The van der Waals surface area contributed by atoms with Crippen LogP contribution in [0.5, 0.6) is 0 Å². The Morgan fingerprint density at radius 2 is 1.76 bits per heavy atom. The normalized spacial score (nSPS) is 21.7. The number of fused-ring (bicyclic) bond motifs is 3. The summed E-state index contributed by atoms with van der Waals surface area (Å²) in [4.78, 5) is 29.5. The third kappa shape index (κ3) is 4.34. The number of carbonyl (C=O) groups excluding carboxylic acids is 2. The molecule has 0 spiro atoms. The quantitative estimate of drug-likeness (QED) is 0.505. The summed E-state index contributed by atoms with van der Waals surface area (Å²) in [6, 6.07) is 17.6. The maximum Gasteiger partial charge on any atom is 0.271 e. The number of hydrogen-bond acceptors (Lipinski definition) is 2. The second-order valence-corrected chi connectivity index (χ2v) is 10.4. The lowest BCUT2D eigenvalue weighted by atomic mass is 9.91.